The van der Waals surface area contributed by atoms with Gasteiger partial charge in [-0.3, -0.25) is 9.47 Å². The number of carbonyl (C=O) groups excluding carboxylic acids is 1. The summed E-state index contributed by atoms with van der Waals surface area (Å²) in [5.74, 6) is 0.000348. The van der Waals surface area contributed by atoms with Gasteiger partial charge in [0.05, 0.1) is 48.0 Å². The molecule has 176 valence electrons. The highest BCUT2D eigenvalue weighted by atomic mass is 35.5. The molecule has 2 heterocycles. The molecule has 4 fully saturated rings. The van der Waals surface area contributed by atoms with Gasteiger partial charge in [0, 0.05) is 23.2 Å². The molecule has 0 amide bonds. The van der Waals surface area contributed by atoms with E-state index in [1.54, 1.807) is 6.20 Å². The minimum absolute atomic E-state index is 0.00694. The first kappa shape index (κ1) is 21.5. The minimum atomic E-state index is -0.638. The summed E-state index contributed by atoms with van der Waals surface area (Å²) in [6.45, 7) is 3.35. The highest BCUT2D eigenvalue weighted by Crippen LogP contribution is 2.73. The second kappa shape index (κ2) is 7.02. The third-order valence-corrected chi connectivity index (χ3v) is 8.69. The van der Waals surface area contributed by atoms with Crippen molar-refractivity contribution < 1.29 is 14.3 Å². The molecule has 0 saturated heterocycles. The van der Waals surface area contributed by atoms with E-state index in [9.17, 15) is 14.9 Å². The molecule has 0 spiro atoms. The Morgan fingerprint density at radius 3 is 2.59 bits per heavy atom. The number of benzene rings is 1. The van der Waals surface area contributed by atoms with Crippen molar-refractivity contribution in [1.82, 2.24) is 4.68 Å². The second-order valence-corrected chi connectivity index (χ2v) is 11.0. The van der Waals surface area contributed by atoms with Gasteiger partial charge in [0.15, 0.2) is 5.43 Å². The first-order chi connectivity index (χ1) is 16.3. The number of hydrogen-bond donors (Lipinski definition) is 0. The quantitative estimate of drug-likeness (QED) is 0.570. The number of nitrogens with zero attached hydrogens (tertiary/aromatic N) is 3. The third-order valence-electron chi connectivity index (χ3n) is 8.39. The Kier molecular flexibility index (Phi) is 4.45. The third kappa shape index (κ3) is 2.94. The van der Waals surface area contributed by atoms with Crippen LogP contribution in [0.2, 0.25) is 5.02 Å². The smallest absolute Gasteiger partial charge is 0.343 e. The Bertz CT molecular complexity index is 1320. The Hall–Kier alpha value is -2.98. The van der Waals surface area contributed by atoms with Gasteiger partial charge in [-0.2, -0.15) is 5.26 Å². The standard InChI is InChI=1S/C26H26ClN3O4/c1-3-26(4-5-26)30-9-16-6-22(34-15-25-11-24(12-25,13-25)14-28)19(27)7-17(16)20-8-21(31)18(10-29(20)30)23(32)33-2/h6-8,10H,3-5,9,11-13,15H2,1-2H3. The zero-order valence-corrected chi connectivity index (χ0v) is 20.1. The highest BCUT2D eigenvalue weighted by Gasteiger charge is 2.68. The number of fused-ring (bicyclic) bond motifs is 3. The maximum Gasteiger partial charge on any atom is 0.343 e. The molecule has 4 saturated carbocycles. The summed E-state index contributed by atoms with van der Waals surface area (Å²) in [4.78, 5) is 25.0. The van der Waals surface area contributed by atoms with E-state index >= 15 is 0 Å². The Balaban J connectivity index is 1.38. The molecule has 1 aromatic heterocycles. The number of rotatable bonds is 6. The lowest BCUT2D eigenvalue weighted by Gasteiger charge is -2.66. The van der Waals surface area contributed by atoms with Crippen molar-refractivity contribution in [3.63, 3.8) is 0 Å². The van der Waals surface area contributed by atoms with Gasteiger partial charge < -0.3 is 14.5 Å². The van der Waals surface area contributed by atoms with Crippen molar-refractivity contribution in [3.8, 4) is 23.1 Å². The summed E-state index contributed by atoms with van der Waals surface area (Å²) in [5, 5.41) is 12.0. The summed E-state index contributed by atoms with van der Waals surface area (Å²) >= 11 is 6.64. The van der Waals surface area contributed by atoms with Gasteiger partial charge in [-0.15, -0.1) is 0 Å². The molecule has 0 radical (unpaired) electrons. The van der Waals surface area contributed by atoms with Crippen molar-refractivity contribution in [3.05, 3.63) is 50.8 Å². The van der Waals surface area contributed by atoms with Crippen LogP contribution in [0.4, 0.5) is 0 Å². The molecule has 0 atom stereocenters. The Morgan fingerprint density at radius 1 is 1.24 bits per heavy atom. The molecule has 7 rings (SSSR count). The topological polar surface area (TPSA) is 84.6 Å². The van der Waals surface area contributed by atoms with Crippen LogP contribution in [0.15, 0.2) is 29.2 Å². The fourth-order valence-electron chi connectivity index (χ4n) is 6.34. The van der Waals surface area contributed by atoms with Gasteiger partial charge >= 0.3 is 5.97 Å². The van der Waals surface area contributed by atoms with Gasteiger partial charge in [0.1, 0.15) is 11.3 Å². The van der Waals surface area contributed by atoms with Crippen LogP contribution in [-0.2, 0) is 11.3 Å². The van der Waals surface area contributed by atoms with Crippen LogP contribution >= 0.6 is 11.6 Å². The van der Waals surface area contributed by atoms with Crippen LogP contribution in [0, 0.1) is 22.2 Å². The number of hydrogen-bond acceptors (Lipinski definition) is 6. The maximum absolute atomic E-state index is 12.8. The van der Waals surface area contributed by atoms with Crippen LogP contribution in [-0.4, -0.2) is 29.9 Å². The summed E-state index contributed by atoms with van der Waals surface area (Å²) < 4.78 is 13.0. The summed E-state index contributed by atoms with van der Waals surface area (Å²) in [7, 11) is 1.28. The first-order valence-electron chi connectivity index (χ1n) is 11.8. The van der Waals surface area contributed by atoms with Crippen LogP contribution in [0.5, 0.6) is 5.75 Å². The summed E-state index contributed by atoms with van der Waals surface area (Å²) in [6, 6.07) is 7.79. The molecule has 1 aromatic carbocycles. The first-order valence-corrected chi connectivity index (χ1v) is 12.1. The Labute approximate surface area is 202 Å². The van der Waals surface area contributed by atoms with E-state index in [1.807, 2.05) is 16.8 Å². The molecule has 2 bridgehead atoms. The molecular weight excluding hydrogens is 454 g/mol. The number of methoxy groups -OCH3 is 1. The minimum Gasteiger partial charge on any atom is -0.491 e. The molecule has 0 unspecified atom stereocenters. The van der Waals surface area contributed by atoms with Crippen LogP contribution < -0.4 is 15.2 Å². The zero-order valence-electron chi connectivity index (χ0n) is 19.3. The van der Waals surface area contributed by atoms with Gasteiger partial charge in [-0.05, 0) is 56.2 Å². The molecule has 2 aromatic rings. The van der Waals surface area contributed by atoms with Gasteiger partial charge in [0.2, 0.25) is 0 Å². The lowest BCUT2D eigenvalue weighted by atomic mass is 9.36. The van der Waals surface area contributed by atoms with Crippen molar-refractivity contribution >= 4 is 17.6 Å². The number of carbonyl (C=O) groups is 1. The monoisotopic (exact) mass is 479 g/mol. The molecule has 0 N–H and O–H groups in total. The number of aromatic nitrogens is 1. The average Bonchev–Trinajstić information content (AvgIpc) is 3.58. The van der Waals surface area contributed by atoms with Crippen molar-refractivity contribution in [2.24, 2.45) is 10.8 Å². The second-order valence-electron chi connectivity index (χ2n) is 10.6. The predicted octanol–water partition coefficient (Wildman–Crippen LogP) is 4.42. The fraction of sp³-hybridized carbons (Fsp3) is 0.500. The van der Waals surface area contributed by atoms with E-state index < -0.39 is 5.97 Å². The highest BCUT2D eigenvalue weighted by molar-refractivity contribution is 6.32. The van der Waals surface area contributed by atoms with Crippen LogP contribution in [0.25, 0.3) is 11.3 Å². The number of ether oxygens (including phenoxy) is 2. The van der Waals surface area contributed by atoms with E-state index in [0.29, 0.717) is 29.6 Å². The average molecular weight is 480 g/mol. The van der Waals surface area contributed by atoms with Crippen molar-refractivity contribution in [2.75, 3.05) is 18.7 Å². The summed E-state index contributed by atoms with van der Waals surface area (Å²) in [5.41, 5.74) is 2.26. The van der Waals surface area contributed by atoms with E-state index in [2.05, 4.69) is 18.0 Å². The van der Waals surface area contributed by atoms with Crippen LogP contribution in [0.3, 0.4) is 0 Å². The number of halogens is 1. The lowest BCUT2D eigenvalue weighted by Crippen LogP contribution is -2.63. The van der Waals surface area contributed by atoms with E-state index in [4.69, 9.17) is 21.1 Å². The van der Waals surface area contributed by atoms with Crippen molar-refractivity contribution in [2.45, 2.75) is 57.5 Å². The fourth-order valence-corrected chi connectivity index (χ4v) is 6.55. The molecule has 8 heteroatoms. The normalized spacial score (nSPS) is 26.8. The van der Waals surface area contributed by atoms with E-state index in [-0.39, 0.29) is 27.4 Å². The maximum atomic E-state index is 12.8. The van der Waals surface area contributed by atoms with Gasteiger partial charge in [-0.25, -0.2) is 4.79 Å². The molecular formula is C26H26ClN3O4. The van der Waals surface area contributed by atoms with E-state index in [0.717, 1.165) is 49.7 Å². The predicted molar refractivity (Wildman–Crippen MR) is 126 cm³/mol. The van der Waals surface area contributed by atoms with Crippen molar-refractivity contribution in [1.29, 1.82) is 5.26 Å². The van der Waals surface area contributed by atoms with E-state index in [1.165, 1.54) is 13.2 Å². The molecule has 1 aliphatic heterocycles. The SMILES string of the molecule is CCC1(N2Cc3cc(OCC45CC(C#N)(C4)C5)c(Cl)cc3-c3cc(=O)c(C(=O)OC)cn32)CC1. The van der Waals surface area contributed by atoms with Crippen LogP contribution in [0.1, 0.15) is 61.4 Å². The number of esters is 1. The molecule has 34 heavy (non-hydrogen) atoms. The van der Waals surface area contributed by atoms with Gasteiger partial charge in [0.25, 0.3) is 0 Å². The largest absolute Gasteiger partial charge is 0.491 e. The Morgan fingerprint density at radius 2 is 1.97 bits per heavy atom. The number of pyridine rings is 1. The molecule has 4 aliphatic carbocycles. The molecule has 7 nitrogen and oxygen atoms in total. The number of nitriles is 1. The lowest BCUT2D eigenvalue weighted by molar-refractivity contribution is -0.181. The zero-order chi connectivity index (χ0) is 23.9. The molecule has 5 aliphatic rings. The van der Waals surface area contributed by atoms with Gasteiger partial charge in [-0.1, -0.05) is 18.5 Å². The summed E-state index contributed by atoms with van der Waals surface area (Å²) in [6.07, 6.45) is 7.39.